The molecule has 1 N–H and O–H groups in total. The van der Waals surface area contributed by atoms with Gasteiger partial charge < -0.3 is 19.5 Å². The zero-order valence-corrected chi connectivity index (χ0v) is 17.8. The van der Waals surface area contributed by atoms with Crippen LogP contribution in [0.3, 0.4) is 0 Å². The van der Waals surface area contributed by atoms with Crippen LogP contribution in [0.5, 0.6) is 0 Å². The second kappa shape index (κ2) is 8.16. The molecule has 5 heterocycles. The van der Waals surface area contributed by atoms with Gasteiger partial charge in [0.2, 0.25) is 0 Å². The van der Waals surface area contributed by atoms with E-state index in [-0.39, 0.29) is 18.2 Å². The summed E-state index contributed by atoms with van der Waals surface area (Å²) in [5.41, 5.74) is 4.36. The van der Waals surface area contributed by atoms with Crippen LogP contribution in [0.15, 0.2) is 61.1 Å². The molecule has 154 valence electrons. The van der Waals surface area contributed by atoms with Gasteiger partial charge in [-0.1, -0.05) is 6.07 Å². The van der Waals surface area contributed by atoms with Gasteiger partial charge >= 0.3 is 0 Å². The monoisotopic (exact) mass is 419 g/mol. The van der Waals surface area contributed by atoms with Gasteiger partial charge in [0.05, 0.1) is 35.8 Å². The summed E-state index contributed by atoms with van der Waals surface area (Å²) in [6.07, 6.45) is 7.93. The molecule has 0 aliphatic carbocycles. The van der Waals surface area contributed by atoms with Gasteiger partial charge in [-0.15, -0.1) is 0 Å². The number of ether oxygens (including phenoxy) is 1. The minimum absolute atomic E-state index is 0.00510. The Labute approximate surface area is 181 Å². The van der Waals surface area contributed by atoms with E-state index in [4.69, 9.17) is 17.0 Å². The predicted molar refractivity (Wildman–Crippen MR) is 119 cm³/mol. The fourth-order valence-electron chi connectivity index (χ4n) is 4.56. The summed E-state index contributed by atoms with van der Waals surface area (Å²) in [5, 5.41) is 4.29. The molecule has 0 aromatic carbocycles. The average molecular weight is 420 g/mol. The SMILES string of the molecule is Cc1ccc([C@@H]2[C@@H](c3ccccn3)NC(=S)N2C[C@@H]2CCCO2)n1-c1cccnc1. The van der Waals surface area contributed by atoms with Crippen LogP contribution in [0.1, 0.15) is 42.0 Å². The van der Waals surface area contributed by atoms with Gasteiger partial charge in [-0.05, 0) is 68.4 Å². The number of aryl methyl sites for hydroxylation is 1. The minimum Gasteiger partial charge on any atom is -0.376 e. The average Bonchev–Trinajstić information content (AvgIpc) is 3.50. The van der Waals surface area contributed by atoms with Crippen LogP contribution >= 0.6 is 12.2 Å². The highest BCUT2D eigenvalue weighted by atomic mass is 32.1. The molecule has 7 heteroatoms. The fraction of sp³-hybridized carbons (Fsp3) is 0.348. The number of nitrogens with zero attached hydrogens (tertiary/aromatic N) is 4. The van der Waals surface area contributed by atoms with Crippen molar-refractivity contribution in [3.63, 3.8) is 0 Å². The molecule has 5 rings (SSSR count). The molecule has 0 spiro atoms. The first-order valence-corrected chi connectivity index (χ1v) is 10.8. The van der Waals surface area contributed by atoms with Gasteiger partial charge in [-0.2, -0.15) is 0 Å². The van der Waals surface area contributed by atoms with E-state index in [9.17, 15) is 0 Å². The molecule has 3 aromatic heterocycles. The van der Waals surface area contributed by atoms with Crippen molar-refractivity contribution in [2.45, 2.75) is 38.0 Å². The summed E-state index contributed by atoms with van der Waals surface area (Å²) < 4.78 is 8.22. The van der Waals surface area contributed by atoms with E-state index in [1.807, 2.05) is 30.6 Å². The highest BCUT2D eigenvalue weighted by Gasteiger charge is 2.42. The van der Waals surface area contributed by atoms with Crippen LogP contribution in [0.4, 0.5) is 0 Å². The molecule has 2 fully saturated rings. The van der Waals surface area contributed by atoms with Gasteiger partial charge in [0.15, 0.2) is 5.11 Å². The molecule has 0 radical (unpaired) electrons. The van der Waals surface area contributed by atoms with Crippen molar-refractivity contribution in [2.24, 2.45) is 0 Å². The lowest BCUT2D eigenvalue weighted by Gasteiger charge is -2.30. The maximum Gasteiger partial charge on any atom is 0.170 e. The third kappa shape index (κ3) is 3.48. The highest BCUT2D eigenvalue weighted by molar-refractivity contribution is 7.80. The van der Waals surface area contributed by atoms with Crippen LogP contribution in [0.2, 0.25) is 0 Å². The van der Waals surface area contributed by atoms with Gasteiger partial charge in [-0.3, -0.25) is 9.97 Å². The molecular weight excluding hydrogens is 394 g/mol. The molecule has 0 bridgehead atoms. The van der Waals surface area contributed by atoms with E-state index in [2.05, 4.69) is 55.9 Å². The van der Waals surface area contributed by atoms with Gasteiger partial charge in [0.1, 0.15) is 0 Å². The van der Waals surface area contributed by atoms with Crippen molar-refractivity contribution in [3.8, 4) is 5.69 Å². The number of hydrogen-bond donors (Lipinski definition) is 1. The van der Waals surface area contributed by atoms with E-state index in [0.717, 1.165) is 48.2 Å². The quantitative estimate of drug-likeness (QED) is 0.636. The number of rotatable bonds is 5. The zero-order valence-electron chi connectivity index (χ0n) is 16.9. The Morgan fingerprint density at radius 3 is 2.83 bits per heavy atom. The molecule has 2 aliphatic heterocycles. The fourth-order valence-corrected chi connectivity index (χ4v) is 4.87. The van der Waals surface area contributed by atoms with Crippen LogP contribution in [0.25, 0.3) is 5.69 Å². The molecular formula is C23H25N5OS. The second-order valence-corrected chi connectivity index (χ2v) is 8.25. The summed E-state index contributed by atoms with van der Waals surface area (Å²) in [6, 6.07) is 14.4. The molecule has 6 nitrogen and oxygen atoms in total. The normalized spacial score (nSPS) is 23.7. The molecule has 3 aromatic rings. The van der Waals surface area contributed by atoms with E-state index in [1.54, 1.807) is 6.20 Å². The van der Waals surface area contributed by atoms with Crippen molar-refractivity contribution in [1.82, 2.24) is 24.8 Å². The first kappa shape index (κ1) is 19.2. The molecule has 2 saturated heterocycles. The maximum atomic E-state index is 5.95. The largest absolute Gasteiger partial charge is 0.376 e. The number of aromatic nitrogens is 3. The predicted octanol–water partition coefficient (Wildman–Crippen LogP) is 3.73. The summed E-state index contributed by atoms with van der Waals surface area (Å²) in [6.45, 7) is 3.73. The van der Waals surface area contributed by atoms with Crippen LogP contribution in [0, 0.1) is 6.92 Å². The molecule has 0 unspecified atom stereocenters. The number of nitrogens with one attached hydrogen (secondary N) is 1. The van der Waals surface area contributed by atoms with Gasteiger partial charge in [0, 0.05) is 36.9 Å². The molecule has 30 heavy (non-hydrogen) atoms. The number of hydrogen-bond acceptors (Lipinski definition) is 4. The summed E-state index contributed by atoms with van der Waals surface area (Å²) >= 11 is 5.81. The van der Waals surface area contributed by atoms with Crippen LogP contribution < -0.4 is 5.32 Å². The third-order valence-electron chi connectivity index (χ3n) is 5.94. The highest BCUT2D eigenvalue weighted by Crippen LogP contribution is 2.40. The summed E-state index contributed by atoms with van der Waals surface area (Å²) in [4.78, 5) is 11.3. The second-order valence-electron chi connectivity index (χ2n) is 7.86. The zero-order chi connectivity index (χ0) is 20.5. The Morgan fingerprint density at radius 1 is 1.17 bits per heavy atom. The lowest BCUT2D eigenvalue weighted by Crippen LogP contribution is -2.36. The Morgan fingerprint density at radius 2 is 2.10 bits per heavy atom. The third-order valence-corrected chi connectivity index (χ3v) is 6.29. The first-order valence-electron chi connectivity index (χ1n) is 10.4. The number of thiocarbonyl (C=S) groups is 1. The summed E-state index contributed by atoms with van der Waals surface area (Å²) in [7, 11) is 0. The maximum absolute atomic E-state index is 5.95. The Balaban J connectivity index is 1.60. The Hall–Kier alpha value is -2.77. The van der Waals surface area contributed by atoms with Crippen molar-refractivity contribution in [3.05, 3.63) is 78.1 Å². The van der Waals surface area contributed by atoms with E-state index in [0.29, 0.717) is 0 Å². The van der Waals surface area contributed by atoms with Crippen molar-refractivity contribution >= 4 is 17.3 Å². The first-order chi connectivity index (χ1) is 14.7. The Kier molecular flexibility index (Phi) is 5.23. The van der Waals surface area contributed by atoms with Crippen molar-refractivity contribution < 1.29 is 4.74 Å². The van der Waals surface area contributed by atoms with Crippen molar-refractivity contribution in [1.29, 1.82) is 0 Å². The van der Waals surface area contributed by atoms with Gasteiger partial charge in [-0.25, -0.2) is 0 Å². The van der Waals surface area contributed by atoms with Gasteiger partial charge in [0.25, 0.3) is 0 Å². The van der Waals surface area contributed by atoms with Crippen LogP contribution in [-0.4, -0.2) is 43.8 Å². The lowest BCUT2D eigenvalue weighted by atomic mass is 10.0. The Bertz CT molecular complexity index is 1020. The number of pyridine rings is 2. The lowest BCUT2D eigenvalue weighted by molar-refractivity contribution is 0.0836. The standard InChI is InChI=1S/C23H25N5OS/c1-16-9-10-20(28(16)17-6-4-11-24-14-17)22-21(19-8-2-3-12-25-19)26-23(30)27(22)15-18-7-5-13-29-18/h2-4,6,8-12,14,18,21-22H,5,7,13,15H2,1H3,(H,26,30)/t18-,21+,22+/m0/s1. The van der Waals surface area contributed by atoms with E-state index >= 15 is 0 Å². The molecule has 2 aliphatic rings. The van der Waals surface area contributed by atoms with E-state index < -0.39 is 0 Å². The topological polar surface area (TPSA) is 55.2 Å². The van der Waals surface area contributed by atoms with E-state index in [1.165, 1.54) is 5.69 Å². The molecule has 3 atom stereocenters. The smallest absolute Gasteiger partial charge is 0.170 e. The molecule has 0 saturated carbocycles. The summed E-state index contributed by atoms with van der Waals surface area (Å²) in [5.74, 6) is 0. The van der Waals surface area contributed by atoms with Crippen molar-refractivity contribution in [2.75, 3.05) is 13.2 Å². The van der Waals surface area contributed by atoms with Crippen LogP contribution in [-0.2, 0) is 4.74 Å². The minimum atomic E-state index is -0.0372. The molecule has 0 amide bonds.